The third kappa shape index (κ3) is 2.40. The van der Waals surface area contributed by atoms with Crippen molar-refractivity contribution in [2.24, 2.45) is 0 Å². The van der Waals surface area contributed by atoms with Crippen LogP contribution in [0.5, 0.6) is 0 Å². The Kier molecular flexibility index (Phi) is 4.18. The van der Waals surface area contributed by atoms with Crippen molar-refractivity contribution in [1.29, 1.82) is 5.26 Å². The molecule has 0 saturated carbocycles. The van der Waals surface area contributed by atoms with E-state index >= 15 is 0 Å². The molecular formula is C16H12N2O4. The van der Waals surface area contributed by atoms with Crippen molar-refractivity contribution in [3.63, 3.8) is 0 Å². The number of esters is 1. The zero-order valence-electron chi connectivity index (χ0n) is 11.8. The van der Waals surface area contributed by atoms with Crippen molar-refractivity contribution in [2.75, 3.05) is 11.5 Å². The van der Waals surface area contributed by atoms with Crippen molar-refractivity contribution in [1.82, 2.24) is 0 Å². The first-order valence-corrected chi connectivity index (χ1v) is 6.47. The highest BCUT2D eigenvalue weighted by Crippen LogP contribution is 2.29. The fourth-order valence-corrected chi connectivity index (χ4v) is 2.05. The van der Waals surface area contributed by atoms with Gasteiger partial charge in [0.2, 0.25) is 0 Å². The predicted octanol–water partition coefficient (Wildman–Crippen LogP) is 1.50. The van der Waals surface area contributed by atoms with E-state index in [-0.39, 0.29) is 17.8 Å². The summed E-state index contributed by atoms with van der Waals surface area (Å²) in [5.41, 5.74) is -0.758. The van der Waals surface area contributed by atoms with Gasteiger partial charge in [0.15, 0.2) is 0 Å². The van der Waals surface area contributed by atoms with Crippen LogP contribution >= 0.6 is 0 Å². The number of anilines is 1. The van der Waals surface area contributed by atoms with Crippen LogP contribution in [0.4, 0.5) is 5.69 Å². The van der Waals surface area contributed by atoms with E-state index < -0.39 is 23.4 Å². The maximum Gasteiger partial charge on any atom is 0.340 e. The van der Waals surface area contributed by atoms with Gasteiger partial charge < -0.3 is 4.74 Å². The van der Waals surface area contributed by atoms with Gasteiger partial charge in [-0.1, -0.05) is 24.8 Å². The van der Waals surface area contributed by atoms with E-state index in [0.717, 1.165) is 4.90 Å². The number of nitriles is 1. The summed E-state index contributed by atoms with van der Waals surface area (Å²) in [6, 6.07) is 9.79. The highest BCUT2D eigenvalue weighted by Gasteiger charge is 2.40. The molecule has 1 heterocycles. The summed E-state index contributed by atoms with van der Waals surface area (Å²) in [6.07, 6.45) is 0. The summed E-state index contributed by atoms with van der Waals surface area (Å²) in [4.78, 5) is 37.5. The lowest BCUT2D eigenvalue weighted by Gasteiger charge is -2.27. The molecule has 0 radical (unpaired) electrons. The Bertz CT molecular complexity index is 741. The molecule has 0 fully saturated rings. The number of hydrogen-bond donors (Lipinski definition) is 0. The van der Waals surface area contributed by atoms with E-state index in [1.54, 1.807) is 43.3 Å². The number of para-hydroxylation sites is 1. The maximum absolute atomic E-state index is 12.4. The van der Waals surface area contributed by atoms with Gasteiger partial charge in [0.25, 0.3) is 11.8 Å². The van der Waals surface area contributed by atoms with Crippen LogP contribution in [0, 0.1) is 11.3 Å². The number of benzene rings is 1. The van der Waals surface area contributed by atoms with Crippen molar-refractivity contribution >= 4 is 23.5 Å². The van der Waals surface area contributed by atoms with Crippen LogP contribution in [0.2, 0.25) is 0 Å². The second kappa shape index (κ2) is 6.06. The van der Waals surface area contributed by atoms with E-state index in [1.807, 2.05) is 0 Å². The van der Waals surface area contributed by atoms with Crippen molar-refractivity contribution in [2.45, 2.75) is 6.92 Å². The van der Waals surface area contributed by atoms with E-state index in [9.17, 15) is 19.6 Å². The quantitative estimate of drug-likeness (QED) is 0.479. The predicted molar refractivity (Wildman–Crippen MR) is 77.3 cm³/mol. The zero-order chi connectivity index (χ0) is 16.3. The fraction of sp³-hybridized carbons (Fsp3) is 0.125. The smallest absolute Gasteiger partial charge is 0.340 e. The lowest BCUT2D eigenvalue weighted by molar-refractivity contribution is -0.139. The molecule has 110 valence electrons. The molecule has 6 heteroatoms. The number of carbonyl (C=O) groups excluding carboxylic acids is 3. The molecular weight excluding hydrogens is 284 g/mol. The number of carbonyl (C=O) groups is 3. The van der Waals surface area contributed by atoms with Crippen LogP contribution in [0.3, 0.4) is 0 Å². The Labute approximate surface area is 126 Å². The first kappa shape index (κ1) is 15.2. The Morgan fingerprint density at radius 3 is 2.45 bits per heavy atom. The van der Waals surface area contributed by atoms with Crippen LogP contribution in [0.15, 0.2) is 53.6 Å². The third-order valence-corrected chi connectivity index (χ3v) is 3.04. The van der Waals surface area contributed by atoms with Crippen LogP contribution in [0.1, 0.15) is 6.92 Å². The number of hydrogen-bond acceptors (Lipinski definition) is 5. The molecule has 0 saturated heterocycles. The largest absolute Gasteiger partial charge is 0.462 e. The van der Waals surface area contributed by atoms with Gasteiger partial charge in [0, 0.05) is 5.57 Å². The van der Waals surface area contributed by atoms with Gasteiger partial charge in [0.1, 0.15) is 11.6 Å². The normalized spacial score (nSPS) is 14.9. The van der Waals surface area contributed by atoms with Gasteiger partial charge in [-0.2, -0.15) is 5.26 Å². The zero-order valence-corrected chi connectivity index (χ0v) is 11.8. The van der Waals surface area contributed by atoms with Crippen molar-refractivity contribution < 1.29 is 19.1 Å². The average Bonchev–Trinajstić information content (AvgIpc) is 2.52. The van der Waals surface area contributed by atoms with Gasteiger partial charge in [-0.05, 0) is 19.1 Å². The SMILES string of the molecule is C=C1C(=O)N(c2ccccc2)C(=O)C(C#N)=C1C(=O)OCC. The number of nitrogens with zero attached hydrogens (tertiary/aromatic N) is 2. The highest BCUT2D eigenvalue weighted by molar-refractivity contribution is 6.34. The average molecular weight is 296 g/mol. The number of amides is 2. The highest BCUT2D eigenvalue weighted by atomic mass is 16.5. The molecule has 0 atom stereocenters. The first-order valence-electron chi connectivity index (χ1n) is 6.47. The van der Waals surface area contributed by atoms with Crippen LogP contribution in [-0.2, 0) is 19.1 Å². The number of ether oxygens (including phenoxy) is 1. The Balaban J connectivity index is 2.58. The Morgan fingerprint density at radius 1 is 1.27 bits per heavy atom. The molecule has 1 aliphatic rings. The molecule has 0 aromatic heterocycles. The third-order valence-electron chi connectivity index (χ3n) is 3.04. The summed E-state index contributed by atoms with van der Waals surface area (Å²) in [7, 11) is 0. The molecule has 1 aliphatic heterocycles. The van der Waals surface area contributed by atoms with Gasteiger partial charge in [-0.15, -0.1) is 0 Å². The standard InChI is InChI=1S/C16H12N2O4/c1-3-22-16(21)13-10(2)14(19)18(15(20)12(13)9-17)11-7-5-4-6-8-11/h4-8H,2-3H2,1H3. The molecule has 0 aliphatic carbocycles. The molecule has 22 heavy (non-hydrogen) atoms. The number of rotatable bonds is 3. The monoisotopic (exact) mass is 296 g/mol. The molecule has 1 aromatic rings. The van der Waals surface area contributed by atoms with Crippen LogP contribution in [0.25, 0.3) is 0 Å². The fourth-order valence-electron chi connectivity index (χ4n) is 2.05. The van der Waals surface area contributed by atoms with E-state index in [4.69, 9.17) is 4.74 Å². The molecule has 2 amide bonds. The Hall–Kier alpha value is -3.20. The molecule has 6 nitrogen and oxygen atoms in total. The minimum atomic E-state index is -0.904. The van der Waals surface area contributed by atoms with E-state index in [1.165, 1.54) is 0 Å². The molecule has 0 bridgehead atoms. The summed E-state index contributed by atoms with van der Waals surface area (Å²) in [6.45, 7) is 5.17. The van der Waals surface area contributed by atoms with Crippen molar-refractivity contribution in [3.8, 4) is 6.07 Å². The second-order valence-corrected chi connectivity index (χ2v) is 4.34. The van der Waals surface area contributed by atoms with Gasteiger partial charge in [-0.3, -0.25) is 9.59 Å². The topological polar surface area (TPSA) is 87.5 Å². The minimum absolute atomic E-state index is 0.0547. The minimum Gasteiger partial charge on any atom is -0.462 e. The summed E-state index contributed by atoms with van der Waals surface area (Å²) in [5.74, 6) is -2.52. The van der Waals surface area contributed by atoms with Gasteiger partial charge in [-0.25, -0.2) is 9.69 Å². The first-order chi connectivity index (χ1) is 10.5. The number of imide groups is 1. The summed E-state index contributed by atoms with van der Waals surface area (Å²) >= 11 is 0. The van der Waals surface area contributed by atoms with E-state index in [0.29, 0.717) is 5.69 Å². The summed E-state index contributed by atoms with van der Waals surface area (Å²) in [5, 5.41) is 9.20. The molecule has 0 spiro atoms. The maximum atomic E-state index is 12.4. The lowest BCUT2D eigenvalue weighted by Crippen LogP contribution is -2.44. The lowest BCUT2D eigenvalue weighted by atomic mass is 9.94. The van der Waals surface area contributed by atoms with E-state index in [2.05, 4.69) is 6.58 Å². The van der Waals surface area contributed by atoms with Crippen LogP contribution in [-0.4, -0.2) is 24.4 Å². The molecule has 1 aromatic carbocycles. The van der Waals surface area contributed by atoms with Crippen LogP contribution < -0.4 is 4.90 Å². The van der Waals surface area contributed by atoms with Crippen molar-refractivity contribution in [3.05, 3.63) is 53.6 Å². The van der Waals surface area contributed by atoms with Gasteiger partial charge >= 0.3 is 5.97 Å². The second-order valence-electron chi connectivity index (χ2n) is 4.34. The molecule has 0 unspecified atom stereocenters. The summed E-state index contributed by atoms with van der Waals surface area (Å²) < 4.78 is 4.79. The van der Waals surface area contributed by atoms with Gasteiger partial charge in [0.05, 0.1) is 17.9 Å². The Morgan fingerprint density at radius 2 is 1.91 bits per heavy atom. The molecule has 0 N–H and O–H groups in total. The molecule has 2 rings (SSSR count).